The number of amides is 2. The molecule has 0 saturated heterocycles. The van der Waals surface area contributed by atoms with Crippen molar-refractivity contribution >= 4 is 39.6 Å². The molecule has 2 aromatic carbocycles. The molecule has 178 valence electrons. The normalized spacial score (nSPS) is 11.2. The number of hydrogen-bond donors (Lipinski definition) is 1. The van der Waals surface area contributed by atoms with E-state index in [2.05, 4.69) is 10.3 Å². The fraction of sp³-hybridized carbons (Fsp3) is 0.120. The maximum Gasteiger partial charge on any atom is 0.322 e. The molecular formula is C25H19ClF2N4O2S. The van der Waals surface area contributed by atoms with Crippen LogP contribution in [0.2, 0.25) is 5.02 Å². The van der Waals surface area contributed by atoms with E-state index in [0.29, 0.717) is 23.7 Å². The number of anilines is 1. The third kappa shape index (κ3) is 5.21. The van der Waals surface area contributed by atoms with Gasteiger partial charge in [-0.25, -0.2) is 18.6 Å². The molecule has 0 saturated carbocycles. The van der Waals surface area contributed by atoms with Gasteiger partial charge in [-0.15, -0.1) is 11.3 Å². The maximum atomic E-state index is 14.1. The second-order valence-electron chi connectivity index (χ2n) is 7.82. The molecule has 35 heavy (non-hydrogen) atoms. The molecule has 0 spiro atoms. The third-order valence-corrected chi connectivity index (χ3v) is 6.59. The molecule has 0 atom stereocenters. The molecule has 0 aliphatic carbocycles. The molecule has 5 rings (SSSR count). The van der Waals surface area contributed by atoms with E-state index in [4.69, 9.17) is 16.0 Å². The van der Waals surface area contributed by atoms with Crippen LogP contribution < -0.4 is 5.32 Å². The first-order valence-corrected chi connectivity index (χ1v) is 12.0. The lowest BCUT2D eigenvalue weighted by Gasteiger charge is -2.22. The molecule has 0 unspecified atom stereocenters. The van der Waals surface area contributed by atoms with Crippen LogP contribution in [0.4, 0.5) is 19.3 Å². The Bertz CT molecular complexity index is 1460. The van der Waals surface area contributed by atoms with E-state index in [-0.39, 0.29) is 12.2 Å². The minimum absolute atomic E-state index is 0.0963. The minimum Gasteiger partial charge on any atom is -0.467 e. The Morgan fingerprint density at radius 3 is 2.74 bits per heavy atom. The van der Waals surface area contributed by atoms with E-state index in [0.717, 1.165) is 34.0 Å². The van der Waals surface area contributed by atoms with E-state index in [1.807, 2.05) is 40.2 Å². The van der Waals surface area contributed by atoms with E-state index in [1.165, 1.54) is 28.6 Å². The molecule has 3 aromatic heterocycles. The van der Waals surface area contributed by atoms with Crippen molar-refractivity contribution in [1.29, 1.82) is 0 Å². The molecule has 5 aromatic rings. The zero-order valence-electron chi connectivity index (χ0n) is 18.2. The number of halogens is 3. The van der Waals surface area contributed by atoms with Gasteiger partial charge in [0, 0.05) is 46.9 Å². The van der Waals surface area contributed by atoms with Gasteiger partial charge >= 0.3 is 6.03 Å². The molecule has 0 radical (unpaired) electrons. The number of urea groups is 1. The smallest absolute Gasteiger partial charge is 0.322 e. The summed E-state index contributed by atoms with van der Waals surface area (Å²) in [6, 6.07) is 13.5. The summed E-state index contributed by atoms with van der Waals surface area (Å²) in [5.74, 6) is -0.973. The predicted molar refractivity (Wildman–Crippen MR) is 132 cm³/mol. The molecule has 10 heteroatoms. The largest absolute Gasteiger partial charge is 0.467 e. The van der Waals surface area contributed by atoms with Gasteiger partial charge in [0.15, 0.2) is 4.96 Å². The lowest BCUT2D eigenvalue weighted by molar-refractivity contribution is 0.204. The number of nitrogens with one attached hydrogen (secondary N) is 1. The molecule has 3 heterocycles. The van der Waals surface area contributed by atoms with Crippen molar-refractivity contribution in [3.05, 3.63) is 101 Å². The van der Waals surface area contributed by atoms with E-state index >= 15 is 0 Å². The Morgan fingerprint density at radius 2 is 2.00 bits per heavy atom. The fourth-order valence-corrected chi connectivity index (χ4v) is 4.68. The van der Waals surface area contributed by atoms with Crippen LogP contribution in [0.15, 0.2) is 76.9 Å². The van der Waals surface area contributed by atoms with Crippen LogP contribution in [0.1, 0.15) is 11.5 Å². The highest BCUT2D eigenvalue weighted by Gasteiger charge is 2.19. The zero-order valence-corrected chi connectivity index (χ0v) is 19.8. The van der Waals surface area contributed by atoms with Crippen molar-refractivity contribution in [2.24, 2.45) is 0 Å². The Labute approximate surface area is 208 Å². The number of benzene rings is 2. The highest BCUT2D eigenvalue weighted by Crippen LogP contribution is 2.25. The second kappa shape index (κ2) is 9.89. The molecule has 0 bridgehead atoms. The number of carbonyl (C=O) groups is 1. The number of aromatic nitrogens is 2. The van der Waals surface area contributed by atoms with Gasteiger partial charge in [-0.05, 0) is 36.4 Å². The highest BCUT2D eigenvalue weighted by molar-refractivity contribution is 7.15. The van der Waals surface area contributed by atoms with Gasteiger partial charge in [0.25, 0.3) is 0 Å². The van der Waals surface area contributed by atoms with E-state index in [9.17, 15) is 13.6 Å². The maximum absolute atomic E-state index is 14.1. The van der Waals surface area contributed by atoms with Gasteiger partial charge < -0.3 is 14.6 Å². The third-order valence-electron chi connectivity index (χ3n) is 5.45. The quantitative estimate of drug-likeness (QED) is 0.259. The van der Waals surface area contributed by atoms with E-state index < -0.39 is 17.7 Å². The molecule has 2 amide bonds. The minimum atomic E-state index is -0.844. The molecule has 1 N–H and O–H groups in total. The van der Waals surface area contributed by atoms with Crippen LogP contribution in [0.25, 0.3) is 16.2 Å². The number of thiazole rings is 1. The van der Waals surface area contributed by atoms with Crippen molar-refractivity contribution in [3.63, 3.8) is 0 Å². The summed E-state index contributed by atoms with van der Waals surface area (Å²) < 4.78 is 34.7. The zero-order chi connectivity index (χ0) is 24.4. The molecule has 0 aliphatic rings. The van der Waals surface area contributed by atoms with E-state index in [1.54, 1.807) is 12.1 Å². The standard InChI is InChI=1S/C25H19ClF2N4O2S/c26-17-5-3-16(4-6-17)23-14-32-19(15-35-25(32)30-23)9-10-31(13-20-2-1-11-34-20)24(33)29-22-8-7-18(27)12-21(22)28/h1-8,11-12,14-15H,9-10,13H2,(H,29,33). The molecule has 0 fully saturated rings. The van der Waals surface area contributed by atoms with Crippen molar-refractivity contribution < 1.29 is 18.0 Å². The van der Waals surface area contributed by atoms with Crippen LogP contribution in [-0.4, -0.2) is 26.9 Å². The first kappa shape index (κ1) is 23.1. The average molecular weight is 513 g/mol. The van der Waals surface area contributed by atoms with Gasteiger partial charge in [0.1, 0.15) is 17.4 Å². The first-order valence-electron chi connectivity index (χ1n) is 10.7. The van der Waals surface area contributed by atoms with Crippen molar-refractivity contribution in [2.75, 3.05) is 11.9 Å². The Hall–Kier alpha value is -3.69. The summed E-state index contributed by atoms with van der Waals surface area (Å²) in [5.41, 5.74) is 2.66. The highest BCUT2D eigenvalue weighted by atomic mass is 35.5. The van der Waals surface area contributed by atoms with Crippen molar-refractivity contribution in [3.8, 4) is 11.3 Å². The van der Waals surface area contributed by atoms with Crippen molar-refractivity contribution in [1.82, 2.24) is 14.3 Å². The number of carbonyl (C=O) groups excluding carboxylic acids is 1. The Balaban J connectivity index is 1.34. The van der Waals surface area contributed by atoms with Crippen LogP contribution in [0, 0.1) is 11.6 Å². The number of imidazole rings is 1. The second-order valence-corrected chi connectivity index (χ2v) is 9.09. The summed E-state index contributed by atoms with van der Waals surface area (Å²) in [6.45, 7) is 0.518. The average Bonchev–Trinajstić information content (AvgIpc) is 3.57. The predicted octanol–water partition coefficient (Wildman–Crippen LogP) is 6.86. The van der Waals surface area contributed by atoms with Gasteiger partial charge in [-0.1, -0.05) is 23.7 Å². The molecular weight excluding hydrogens is 494 g/mol. The molecule has 0 aliphatic heterocycles. The van der Waals surface area contributed by atoms with Gasteiger partial charge in [-0.3, -0.25) is 4.40 Å². The number of rotatable bonds is 7. The van der Waals surface area contributed by atoms with Gasteiger partial charge in [0.2, 0.25) is 0 Å². The Kier molecular flexibility index (Phi) is 6.52. The number of nitrogens with zero attached hydrogens (tertiary/aromatic N) is 3. The summed E-state index contributed by atoms with van der Waals surface area (Å²) in [5, 5.41) is 5.18. The summed E-state index contributed by atoms with van der Waals surface area (Å²) >= 11 is 7.50. The lowest BCUT2D eigenvalue weighted by Crippen LogP contribution is -2.36. The van der Waals surface area contributed by atoms with Crippen LogP contribution in [-0.2, 0) is 13.0 Å². The number of fused-ring (bicyclic) bond motifs is 1. The van der Waals surface area contributed by atoms with Gasteiger partial charge in [-0.2, -0.15) is 0 Å². The van der Waals surface area contributed by atoms with Crippen molar-refractivity contribution in [2.45, 2.75) is 13.0 Å². The summed E-state index contributed by atoms with van der Waals surface area (Å²) in [7, 11) is 0. The topological polar surface area (TPSA) is 62.8 Å². The lowest BCUT2D eigenvalue weighted by atomic mass is 10.2. The monoisotopic (exact) mass is 512 g/mol. The summed E-state index contributed by atoms with van der Waals surface area (Å²) in [6.07, 6.45) is 4.00. The number of hydrogen-bond acceptors (Lipinski definition) is 4. The summed E-state index contributed by atoms with van der Waals surface area (Å²) in [4.78, 5) is 20.0. The molecule has 6 nitrogen and oxygen atoms in total. The SMILES string of the molecule is O=C(Nc1ccc(F)cc1F)N(CCc1csc2nc(-c3ccc(Cl)cc3)cn12)Cc1ccco1. The number of furan rings is 1. The van der Waals surface area contributed by atoms with Crippen LogP contribution >= 0.6 is 22.9 Å². The van der Waals surface area contributed by atoms with Gasteiger partial charge in [0.05, 0.1) is 24.2 Å². The van der Waals surface area contributed by atoms with Crippen LogP contribution in [0.3, 0.4) is 0 Å². The first-order chi connectivity index (χ1) is 17.0. The Morgan fingerprint density at radius 1 is 1.17 bits per heavy atom. The fourth-order valence-electron chi connectivity index (χ4n) is 3.65. The van der Waals surface area contributed by atoms with Crippen LogP contribution in [0.5, 0.6) is 0 Å².